The molecule has 6 nitrogen and oxygen atoms in total. The van der Waals surface area contributed by atoms with Crippen LogP contribution in [0, 0.1) is 0 Å². The number of aromatic nitrogens is 3. The highest BCUT2D eigenvalue weighted by Crippen LogP contribution is 2.32. The number of thiazole rings is 1. The Hall–Kier alpha value is -1.60. The number of piperazine rings is 1. The third kappa shape index (κ3) is 2.51. The summed E-state index contributed by atoms with van der Waals surface area (Å²) in [5.41, 5.74) is 0. The van der Waals surface area contributed by atoms with Crippen LogP contribution < -0.4 is 14.5 Å². The summed E-state index contributed by atoms with van der Waals surface area (Å²) in [6.45, 7) is 3.50. The third-order valence-electron chi connectivity index (χ3n) is 3.21. The summed E-state index contributed by atoms with van der Waals surface area (Å²) in [6.07, 6.45) is 3.30. The summed E-state index contributed by atoms with van der Waals surface area (Å²) < 4.78 is 5.31. The van der Waals surface area contributed by atoms with Gasteiger partial charge in [0, 0.05) is 37.8 Å². The van der Waals surface area contributed by atoms with E-state index in [0.717, 1.165) is 37.1 Å². The molecule has 0 bridgehead atoms. The van der Waals surface area contributed by atoms with Gasteiger partial charge in [-0.2, -0.15) is 0 Å². The summed E-state index contributed by atoms with van der Waals surface area (Å²) >= 11 is 7.70. The van der Waals surface area contributed by atoms with Crippen LogP contribution in [0.4, 0.5) is 10.9 Å². The van der Waals surface area contributed by atoms with Crippen LogP contribution in [0.5, 0.6) is 5.75 Å². The van der Waals surface area contributed by atoms with Gasteiger partial charge < -0.3 is 14.5 Å². The SMILES string of the molecule is COc1c(Cl)ncnc1N1CCN(c2nccs2)CC1. The topological polar surface area (TPSA) is 54.4 Å². The lowest BCUT2D eigenvalue weighted by Crippen LogP contribution is -2.47. The van der Waals surface area contributed by atoms with Gasteiger partial charge in [-0.15, -0.1) is 11.3 Å². The van der Waals surface area contributed by atoms with E-state index in [4.69, 9.17) is 16.3 Å². The van der Waals surface area contributed by atoms with E-state index in [0.29, 0.717) is 10.9 Å². The molecule has 0 atom stereocenters. The van der Waals surface area contributed by atoms with E-state index in [-0.39, 0.29) is 0 Å². The molecule has 1 aliphatic rings. The second-order valence-corrected chi connectivity index (χ2v) is 5.54. The zero-order valence-corrected chi connectivity index (χ0v) is 12.6. The highest BCUT2D eigenvalue weighted by molar-refractivity contribution is 7.13. The summed E-state index contributed by atoms with van der Waals surface area (Å²) in [6, 6.07) is 0. The van der Waals surface area contributed by atoms with Crippen molar-refractivity contribution in [3.05, 3.63) is 23.1 Å². The van der Waals surface area contributed by atoms with Crippen LogP contribution in [0.3, 0.4) is 0 Å². The van der Waals surface area contributed by atoms with Crippen LogP contribution in [0.2, 0.25) is 5.15 Å². The van der Waals surface area contributed by atoms with E-state index in [1.807, 2.05) is 11.6 Å². The van der Waals surface area contributed by atoms with Gasteiger partial charge in [0.05, 0.1) is 7.11 Å². The monoisotopic (exact) mass is 311 g/mol. The van der Waals surface area contributed by atoms with Crippen molar-refractivity contribution >= 4 is 33.9 Å². The average Bonchev–Trinajstić information content (AvgIpc) is 3.01. The number of halogens is 1. The molecule has 0 aliphatic carbocycles. The fourth-order valence-corrected chi connectivity index (χ4v) is 3.13. The van der Waals surface area contributed by atoms with E-state index in [1.54, 1.807) is 18.4 Å². The Morgan fingerprint density at radius 3 is 2.55 bits per heavy atom. The zero-order chi connectivity index (χ0) is 13.9. The fraction of sp³-hybridized carbons (Fsp3) is 0.417. The molecular formula is C12H14ClN5OS. The number of hydrogen-bond acceptors (Lipinski definition) is 7. The molecule has 0 spiro atoms. The molecule has 2 aromatic heterocycles. The molecule has 0 aromatic carbocycles. The van der Waals surface area contributed by atoms with E-state index >= 15 is 0 Å². The molecule has 20 heavy (non-hydrogen) atoms. The molecule has 1 fully saturated rings. The summed E-state index contributed by atoms with van der Waals surface area (Å²) in [7, 11) is 1.58. The standard InChI is InChI=1S/C12H14ClN5OS/c1-19-9-10(13)15-8-16-11(9)17-3-5-18(6-4-17)12-14-2-7-20-12/h2,7-8H,3-6H2,1H3. The molecule has 3 rings (SSSR count). The first-order valence-corrected chi connectivity index (χ1v) is 7.49. The van der Waals surface area contributed by atoms with Crippen molar-refractivity contribution < 1.29 is 4.74 Å². The number of methoxy groups -OCH3 is 1. The maximum atomic E-state index is 6.04. The fourth-order valence-electron chi connectivity index (χ4n) is 2.23. The summed E-state index contributed by atoms with van der Waals surface area (Å²) in [5, 5.41) is 3.41. The number of ether oxygens (including phenoxy) is 1. The Labute approximate surface area is 126 Å². The molecule has 0 radical (unpaired) electrons. The van der Waals surface area contributed by atoms with Crippen LogP contribution in [0.25, 0.3) is 0 Å². The van der Waals surface area contributed by atoms with Gasteiger partial charge in [0.15, 0.2) is 21.9 Å². The molecule has 0 amide bonds. The maximum Gasteiger partial charge on any atom is 0.199 e. The van der Waals surface area contributed by atoms with Crippen LogP contribution in [0.1, 0.15) is 0 Å². The second-order valence-electron chi connectivity index (χ2n) is 4.31. The quantitative estimate of drug-likeness (QED) is 0.807. The lowest BCUT2D eigenvalue weighted by molar-refractivity contribution is 0.409. The first kappa shape index (κ1) is 13.4. The highest BCUT2D eigenvalue weighted by Gasteiger charge is 2.23. The minimum Gasteiger partial charge on any atom is -0.490 e. The van der Waals surface area contributed by atoms with Gasteiger partial charge >= 0.3 is 0 Å². The molecule has 3 heterocycles. The summed E-state index contributed by atoms with van der Waals surface area (Å²) in [5.74, 6) is 1.29. The molecule has 0 unspecified atom stereocenters. The van der Waals surface area contributed by atoms with Gasteiger partial charge in [-0.25, -0.2) is 15.0 Å². The van der Waals surface area contributed by atoms with Crippen molar-refractivity contribution in [1.29, 1.82) is 0 Å². The minimum absolute atomic E-state index is 0.347. The Morgan fingerprint density at radius 1 is 1.15 bits per heavy atom. The van der Waals surface area contributed by atoms with Crippen LogP contribution in [-0.2, 0) is 0 Å². The van der Waals surface area contributed by atoms with Gasteiger partial charge in [-0.3, -0.25) is 0 Å². The molecule has 0 saturated carbocycles. The van der Waals surface area contributed by atoms with Crippen molar-refractivity contribution in [3.8, 4) is 5.75 Å². The lowest BCUT2D eigenvalue weighted by atomic mass is 10.3. The maximum absolute atomic E-state index is 6.04. The van der Waals surface area contributed by atoms with Gasteiger partial charge in [0.2, 0.25) is 0 Å². The molecule has 1 aliphatic heterocycles. The van der Waals surface area contributed by atoms with Gasteiger partial charge in [-0.1, -0.05) is 11.6 Å². The van der Waals surface area contributed by atoms with Crippen LogP contribution in [0.15, 0.2) is 17.9 Å². The van der Waals surface area contributed by atoms with Gasteiger partial charge in [-0.05, 0) is 0 Å². The first-order chi connectivity index (χ1) is 9.79. The lowest BCUT2D eigenvalue weighted by Gasteiger charge is -2.35. The third-order valence-corrected chi connectivity index (χ3v) is 4.32. The Morgan fingerprint density at radius 2 is 1.90 bits per heavy atom. The second kappa shape index (κ2) is 5.80. The van der Waals surface area contributed by atoms with Crippen LogP contribution >= 0.6 is 22.9 Å². The van der Waals surface area contributed by atoms with Crippen LogP contribution in [-0.4, -0.2) is 48.2 Å². The van der Waals surface area contributed by atoms with E-state index < -0.39 is 0 Å². The first-order valence-electron chi connectivity index (χ1n) is 6.23. The van der Waals surface area contributed by atoms with Gasteiger partial charge in [0.1, 0.15) is 6.33 Å². The van der Waals surface area contributed by atoms with E-state index in [1.165, 1.54) is 6.33 Å². The largest absolute Gasteiger partial charge is 0.490 e. The van der Waals surface area contributed by atoms with Crippen molar-refractivity contribution in [2.75, 3.05) is 43.1 Å². The zero-order valence-electron chi connectivity index (χ0n) is 11.0. The molecule has 0 N–H and O–H groups in total. The van der Waals surface area contributed by atoms with Crippen molar-refractivity contribution in [2.45, 2.75) is 0 Å². The normalized spacial score (nSPS) is 15.5. The predicted molar refractivity (Wildman–Crippen MR) is 80.1 cm³/mol. The van der Waals surface area contributed by atoms with E-state index in [9.17, 15) is 0 Å². The van der Waals surface area contributed by atoms with Crippen molar-refractivity contribution in [2.24, 2.45) is 0 Å². The van der Waals surface area contributed by atoms with Gasteiger partial charge in [0.25, 0.3) is 0 Å². The Balaban J connectivity index is 1.74. The van der Waals surface area contributed by atoms with Crippen molar-refractivity contribution in [1.82, 2.24) is 15.0 Å². The number of nitrogens with zero attached hydrogens (tertiary/aromatic N) is 5. The molecule has 1 saturated heterocycles. The smallest absolute Gasteiger partial charge is 0.199 e. The molecule has 2 aromatic rings. The highest BCUT2D eigenvalue weighted by atomic mass is 35.5. The summed E-state index contributed by atoms with van der Waals surface area (Å²) in [4.78, 5) is 17.0. The minimum atomic E-state index is 0.347. The number of hydrogen-bond donors (Lipinski definition) is 0. The Kier molecular flexibility index (Phi) is 3.88. The number of rotatable bonds is 3. The predicted octanol–water partition coefficient (Wildman–Crippen LogP) is 1.92. The van der Waals surface area contributed by atoms with Crippen molar-refractivity contribution in [3.63, 3.8) is 0 Å². The molecule has 106 valence electrons. The molecule has 8 heteroatoms. The van der Waals surface area contributed by atoms with E-state index in [2.05, 4.69) is 24.8 Å². The molecular weight excluding hydrogens is 298 g/mol. The average molecular weight is 312 g/mol. The Bertz CT molecular complexity index is 571. The number of anilines is 2.